The molecule has 2 aliphatic rings. The molecule has 0 spiro atoms. The second-order valence-electron chi connectivity index (χ2n) is 7.61. The number of unbranched alkanes of at least 4 members (excludes halogenated alkanes) is 1. The summed E-state index contributed by atoms with van der Waals surface area (Å²) in [6, 6.07) is 7.41. The number of methoxy groups -OCH3 is 1. The Bertz CT molecular complexity index is 921. The third kappa shape index (κ3) is 6.09. The zero-order valence-corrected chi connectivity index (χ0v) is 18.0. The summed E-state index contributed by atoms with van der Waals surface area (Å²) in [5.41, 5.74) is 2.58. The van der Waals surface area contributed by atoms with E-state index in [1.54, 1.807) is 7.11 Å². The monoisotopic (exact) mass is 435 g/mol. The Hall–Kier alpha value is -2.32. The van der Waals surface area contributed by atoms with Gasteiger partial charge in [0.2, 0.25) is 10.0 Å². The normalized spacial score (nSPS) is 20.8. The molecule has 1 aromatic rings. The number of hydrogen-bond acceptors (Lipinski definition) is 5. The molecular formula is C22H29NO6S. The Morgan fingerprint density at radius 2 is 2.10 bits per heavy atom. The van der Waals surface area contributed by atoms with Gasteiger partial charge in [-0.25, -0.2) is 8.42 Å². The standard InChI is InChI=1S/C22H29NO6S/c1-28-17-8-6-7-16(15-17)13-14-30(26,27)23-22-18(19-11-12-20(22)29-19)9-4-2-3-5-10-21(24)25/h2,4,6-8,15,19-20,23H,3,5,9-14H2,1H3,(H,24,25). The molecule has 7 nitrogen and oxygen atoms in total. The fourth-order valence-electron chi connectivity index (χ4n) is 3.86. The highest BCUT2D eigenvalue weighted by Gasteiger charge is 2.41. The molecule has 2 unspecified atom stereocenters. The maximum Gasteiger partial charge on any atom is 0.303 e. The zero-order valence-electron chi connectivity index (χ0n) is 17.2. The highest BCUT2D eigenvalue weighted by Crippen LogP contribution is 2.40. The summed E-state index contributed by atoms with van der Waals surface area (Å²) in [4.78, 5) is 10.6. The number of carboxylic acid groups (broad SMARTS) is 1. The molecule has 0 aromatic heterocycles. The van der Waals surface area contributed by atoms with Crippen molar-refractivity contribution in [2.45, 2.75) is 57.2 Å². The largest absolute Gasteiger partial charge is 0.497 e. The Morgan fingerprint density at radius 1 is 1.30 bits per heavy atom. The zero-order chi connectivity index (χ0) is 21.6. The molecule has 1 saturated heterocycles. The van der Waals surface area contributed by atoms with Crippen molar-refractivity contribution in [3.05, 3.63) is 53.3 Å². The van der Waals surface area contributed by atoms with Crippen LogP contribution < -0.4 is 9.46 Å². The number of aryl methyl sites for hydroxylation is 1. The van der Waals surface area contributed by atoms with Gasteiger partial charge >= 0.3 is 5.97 Å². The Morgan fingerprint density at radius 3 is 2.87 bits per heavy atom. The highest BCUT2D eigenvalue weighted by atomic mass is 32.2. The van der Waals surface area contributed by atoms with E-state index in [1.165, 1.54) is 0 Å². The van der Waals surface area contributed by atoms with E-state index in [0.717, 1.165) is 24.0 Å². The van der Waals surface area contributed by atoms with Gasteiger partial charge in [-0.1, -0.05) is 24.3 Å². The molecule has 2 atom stereocenters. The molecule has 2 N–H and O–H groups in total. The SMILES string of the molecule is COc1cccc(CCS(=O)(=O)NC2=C(CC=CCCCC(=O)O)C3CCC2O3)c1. The van der Waals surface area contributed by atoms with Crippen molar-refractivity contribution in [1.29, 1.82) is 0 Å². The van der Waals surface area contributed by atoms with Crippen LogP contribution in [0.4, 0.5) is 0 Å². The Labute approximate surface area is 177 Å². The first-order valence-electron chi connectivity index (χ1n) is 10.3. The summed E-state index contributed by atoms with van der Waals surface area (Å²) < 4.78 is 39.3. The van der Waals surface area contributed by atoms with Crippen LogP contribution in [0.25, 0.3) is 0 Å². The number of sulfonamides is 1. The molecule has 1 fully saturated rings. The van der Waals surface area contributed by atoms with Crippen molar-refractivity contribution < 1.29 is 27.8 Å². The summed E-state index contributed by atoms with van der Waals surface area (Å²) in [7, 11) is -1.92. The van der Waals surface area contributed by atoms with Crippen LogP contribution in [-0.2, 0) is 26.0 Å². The van der Waals surface area contributed by atoms with Crippen molar-refractivity contribution in [3.63, 3.8) is 0 Å². The fraction of sp³-hybridized carbons (Fsp3) is 0.500. The highest BCUT2D eigenvalue weighted by molar-refractivity contribution is 7.89. The molecule has 0 radical (unpaired) electrons. The van der Waals surface area contributed by atoms with Gasteiger partial charge in [0.1, 0.15) is 5.75 Å². The number of hydrogen-bond donors (Lipinski definition) is 2. The van der Waals surface area contributed by atoms with Crippen molar-refractivity contribution in [1.82, 2.24) is 4.72 Å². The average molecular weight is 436 g/mol. The molecule has 1 aromatic carbocycles. The van der Waals surface area contributed by atoms with Crippen LogP contribution in [0.3, 0.4) is 0 Å². The number of ether oxygens (including phenoxy) is 2. The van der Waals surface area contributed by atoms with E-state index in [-0.39, 0.29) is 24.4 Å². The lowest BCUT2D eigenvalue weighted by atomic mass is 9.94. The molecule has 30 heavy (non-hydrogen) atoms. The lowest BCUT2D eigenvalue weighted by Gasteiger charge is -2.18. The molecule has 2 aliphatic heterocycles. The number of rotatable bonds is 12. The predicted octanol–water partition coefficient (Wildman–Crippen LogP) is 3.17. The van der Waals surface area contributed by atoms with Crippen molar-refractivity contribution in [2.75, 3.05) is 12.9 Å². The Kier molecular flexibility index (Phi) is 7.55. The van der Waals surface area contributed by atoms with Crippen molar-refractivity contribution >= 4 is 16.0 Å². The van der Waals surface area contributed by atoms with E-state index < -0.39 is 16.0 Å². The first-order valence-corrected chi connectivity index (χ1v) is 11.9. The fourth-order valence-corrected chi connectivity index (χ4v) is 5.06. The minimum absolute atomic E-state index is 0.0145. The minimum Gasteiger partial charge on any atom is -0.497 e. The number of allylic oxidation sites excluding steroid dienone is 2. The third-order valence-corrected chi connectivity index (χ3v) is 6.67. The molecule has 0 amide bonds. The smallest absolute Gasteiger partial charge is 0.303 e. The van der Waals surface area contributed by atoms with E-state index >= 15 is 0 Å². The first kappa shape index (κ1) is 22.4. The number of carbonyl (C=O) groups is 1. The van der Waals surface area contributed by atoms with Gasteiger partial charge in [-0.15, -0.1) is 0 Å². The number of fused-ring (bicyclic) bond motifs is 2. The van der Waals surface area contributed by atoms with Crippen molar-refractivity contribution in [2.24, 2.45) is 0 Å². The molecular weight excluding hydrogens is 406 g/mol. The van der Waals surface area contributed by atoms with Crippen LogP contribution in [0, 0.1) is 0 Å². The van der Waals surface area contributed by atoms with E-state index in [4.69, 9.17) is 14.6 Å². The van der Waals surface area contributed by atoms with E-state index in [0.29, 0.717) is 37.1 Å². The molecule has 0 saturated carbocycles. The van der Waals surface area contributed by atoms with Crippen LogP contribution in [0.1, 0.15) is 44.1 Å². The molecule has 2 heterocycles. The second kappa shape index (κ2) is 10.1. The van der Waals surface area contributed by atoms with Crippen LogP contribution >= 0.6 is 0 Å². The number of carboxylic acids is 1. The van der Waals surface area contributed by atoms with Crippen LogP contribution in [-0.4, -0.2) is 44.6 Å². The lowest BCUT2D eigenvalue weighted by Crippen LogP contribution is -2.32. The summed E-state index contributed by atoms with van der Waals surface area (Å²) in [5, 5.41) is 8.68. The number of aliphatic carboxylic acids is 1. The van der Waals surface area contributed by atoms with Gasteiger partial charge in [-0.05, 0) is 61.8 Å². The van der Waals surface area contributed by atoms with Gasteiger partial charge in [0, 0.05) is 6.42 Å². The topological polar surface area (TPSA) is 102 Å². The van der Waals surface area contributed by atoms with Gasteiger partial charge in [-0.3, -0.25) is 9.52 Å². The first-order chi connectivity index (χ1) is 14.4. The quantitative estimate of drug-likeness (QED) is 0.386. The van der Waals surface area contributed by atoms with Gasteiger partial charge in [0.15, 0.2) is 0 Å². The van der Waals surface area contributed by atoms with Crippen molar-refractivity contribution in [3.8, 4) is 5.75 Å². The predicted molar refractivity (Wildman–Crippen MR) is 114 cm³/mol. The summed E-state index contributed by atoms with van der Waals surface area (Å²) in [6.07, 6.45) is 7.89. The summed E-state index contributed by atoms with van der Waals surface area (Å²) >= 11 is 0. The maximum atomic E-state index is 12.7. The minimum atomic E-state index is -3.50. The number of benzene rings is 1. The van der Waals surface area contributed by atoms with Gasteiger partial charge in [-0.2, -0.15) is 0 Å². The summed E-state index contributed by atoms with van der Waals surface area (Å²) in [6.45, 7) is 0. The van der Waals surface area contributed by atoms with E-state index in [9.17, 15) is 13.2 Å². The van der Waals surface area contributed by atoms with E-state index in [2.05, 4.69) is 4.72 Å². The third-order valence-electron chi connectivity index (χ3n) is 5.40. The number of nitrogens with one attached hydrogen (secondary N) is 1. The maximum absolute atomic E-state index is 12.7. The summed E-state index contributed by atoms with van der Waals surface area (Å²) in [5.74, 6) is -0.0999. The average Bonchev–Trinajstić information content (AvgIpc) is 3.31. The van der Waals surface area contributed by atoms with Crippen LogP contribution in [0.15, 0.2) is 47.7 Å². The Balaban J connectivity index is 1.60. The van der Waals surface area contributed by atoms with E-state index in [1.807, 2.05) is 36.4 Å². The molecule has 2 bridgehead atoms. The molecule has 0 aliphatic carbocycles. The van der Waals surface area contributed by atoms with Gasteiger partial charge in [0.05, 0.1) is 30.8 Å². The van der Waals surface area contributed by atoms with Gasteiger partial charge < -0.3 is 14.6 Å². The van der Waals surface area contributed by atoms with Crippen LogP contribution in [0.5, 0.6) is 5.75 Å². The molecule has 3 rings (SSSR count). The lowest BCUT2D eigenvalue weighted by molar-refractivity contribution is -0.137. The molecule has 8 heteroatoms. The van der Waals surface area contributed by atoms with Crippen LogP contribution in [0.2, 0.25) is 0 Å². The molecule has 164 valence electrons. The second-order valence-corrected chi connectivity index (χ2v) is 9.46. The van der Waals surface area contributed by atoms with Gasteiger partial charge in [0.25, 0.3) is 0 Å².